The zero-order valence-corrected chi connectivity index (χ0v) is 15.8. The lowest BCUT2D eigenvalue weighted by atomic mass is 10.0. The lowest BCUT2D eigenvalue weighted by Crippen LogP contribution is -2.37. The summed E-state index contributed by atoms with van der Waals surface area (Å²) in [5.74, 6) is -0.406. The molecule has 1 atom stereocenters. The van der Waals surface area contributed by atoms with Crippen LogP contribution < -0.4 is 9.46 Å². The van der Waals surface area contributed by atoms with Crippen LogP contribution in [0, 0.1) is 0 Å². The number of hydrogen-bond donors (Lipinski definition) is 2. The Bertz CT molecular complexity index is 906. The molecule has 7 nitrogen and oxygen atoms in total. The van der Waals surface area contributed by atoms with Crippen LogP contribution in [0.15, 0.2) is 53.4 Å². The highest BCUT2D eigenvalue weighted by atomic mass is 32.2. The SMILES string of the molecule is CC(C)c1ccc(Oc2ccccc2S(=O)(=O)NC(C=O)CC(=O)O)cc1. The average molecular weight is 391 g/mol. The van der Waals surface area contributed by atoms with Gasteiger partial charge >= 0.3 is 5.97 Å². The Kier molecular flexibility index (Phi) is 6.70. The summed E-state index contributed by atoms with van der Waals surface area (Å²) in [6.07, 6.45) is -0.401. The van der Waals surface area contributed by atoms with Gasteiger partial charge in [0.15, 0.2) is 0 Å². The van der Waals surface area contributed by atoms with E-state index in [2.05, 4.69) is 18.6 Å². The molecular weight excluding hydrogens is 370 g/mol. The fourth-order valence-corrected chi connectivity index (χ4v) is 3.67. The van der Waals surface area contributed by atoms with Crippen molar-refractivity contribution in [1.29, 1.82) is 0 Å². The first-order valence-corrected chi connectivity index (χ1v) is 9.77. The number of para-hydroxylation sites is 1. The van der Waals surface area contributed by atoms with Crippen LogP contribution in [-0.2, 0) is 19.6 Å². The number of aliphatic carboxylic acids is 1. The minimum absolute atomic E-state index is 0.0715. The molecule has 2 aromatic carbocycles. The monoisotopic (exact) mass is 391 g/mol. The second-order valence-electron chi connectivity index (χ2n) is 6.23. The third kappa shape index (κ3) is 5.63. The van der Waals surface area contributed by atoms with Crippen molar-refractivity contribution in [1.82, 2.24) is 4.72 Å². The number of carboxylic acids is 1. The summed E-state index contributed by atoms with van der Waals surface area (Å²) in [5.41, 5.74) is 1.12. The van der Waals surface area contributed by atoms with E-state index in [0.29, 0.717) is 11.7 Å². The molecule has 0 spiro atoms. The van der Waals surface area contributed by atoms with Crippen LogP contribution in [0.1, 0.15) is 31.7 Å². The molecule has 0 heterocycles. The summed E-state index contributed by atoms with van der Waals surface area (Å²) >= 11 is 0. The molecule has 0 aliphatic rings. The molecule has 0 aliphatic carbocycles. The first kappa shape index (κ1) is 20.6. The predicted molar refractivity (Wildman–Crippen MR) is 99.5 cm³/mol. The van der Waals surface area contributed by atoms with Crippen molar-refractivity contribution >= 4 is 22.3 Å². The Hall–Kier alpha value is -2.71. The molecule has 0 aliphatic heterocycles. The van der Waals surface area contributed by atoms with Gasteiger partial charge in [-0.15, -0.1) is 0 Å². The van der Waals surface area contributed by atoms with Crippen LogP contribution in [-0.4, -0.2) is 31.8 Å². The molecule has 2 rings (SSSR count). The van der Waals surface area contributed by atoms with E-state index in [1.165, 1.54) is 18.2 Å². The Morgan fingerprint density at radius 1 is 1.15 bits per heavy atom. The number of benzene rings is 2. The van der Waals surface area contributed by atoms with Gasteiger partial charge in [0.05, 0.1) is 12.5 Å². The van der Waals surface area contributed by atoms with Gasteiger partial charge in [-0.2, -0.15) is 0 Å². The Balaban J connectivity index is 2.28. The van der Waals surface area contributed by atoms with Crippen molar-refractivity contribution in [3.8, 4) is 11.5 Å². The first-order chi connectivity index (χ1) is 12.7. The van der Waals surface area contributed by atoms with Gasteiger partial charge in [-0.05, 0) is 35.7 Å². The zero-order chi connectivity index (χ0) is 20.0. The normalized spacial score (nSPS) is 12.6. The van der Waals surface area contributed by atoms with Crippen LogP contribution in [0.25, 0.3) is 0 Å². The fourth-order valence-electron chi connectivity index (χ4n) is 2.37. The molecule has 8 heteroatoms. The molecule has 144 valence electrons. The number of rotatable bonds is 9. The van der Waals surface area contributed by atoms with E-state index in [1.54, 1.807) is 18.2 Å². The van der Waals surface area contributed by atoms with Gasteiger partial charge in [-0.1, -0.05) is 38.1 Å². The summed E-state index contributed by atoms with van der Waals surface area (Å²) in [7, 11) is -4.16. The van der Waals surface area contributed by atoms with Crippen LogP contribution in [0.2, 0.25) is 0 Å². The molecule has 0 radical (unpaired) electrons. The minimum atomic E-state index is -4.16. The Morgan fingerprint density at radius 3 is 2.33 bits per heavy atom. The van der Waals surface area contributed by atoms with E-state index in [1.807, 2.05) is 12.1 Å². The summed E-state index contributed by atoms with van der Waals surface area (Å²) in [4.78, 5) is 21.6. The molecule has 0 bridgehead atoms. The van der Waals surface area contributed by atoms with E-state index < -0.39 is 28.5 Å². The number of carboxylic acid groups (broad SMARTS) is 1. The third-order valence-electron chi connectivity index (χ3n) is 3.78. The van der Waals surface area contributed by atoms with Crippen molar-refractivity contribution in [2.75, 3.05) is 0 Å². The van der Waals surface area contributed by atoms with Crippen molar-refractivity contribution in [3.05, 3.63) is 54.1 Å². The lowest BCUT2D eigenvalue weighted by molar-refractivity contribution is -0.138. The quantitative estimate of drug-likeness (QED) is 0.636. The predicted octanol–water partition coefficient (Wildman–Crippen LogP) is 2.92. The van der Waals surface area contributed by atoms with Crippen molar-refractivity contribution in [2.45, 2.75) is 37.1 Å². The molecule has 0 amide bonds. The van der Waals surface area contributed by atoms with Crippen molar-refractivity contribution in [2.24, 2.45) is 0 Å². The Morgan fingerprint density at radius 2 is 1.78 bits per heavy atom. The maximum atomic E-state index is 12.6. The van der Waals surface area contributed by atoms with Gasteiger partial charge in [-0.25, -0.2) is 13.1 Å². The number of carbonyl (C=O) groups is 2. The lowest BCUT2D eigenvalue weighted by Gasteiger charge is -2.15. The fraction of sp³-hybridized carbons (Fsp3) is 0.263. The van der Waals surface area contributed by atoms with Crippen molar-refractivity contribution in [3.63, 3.8) is 0 Å². The van der Waals surface area contributed by atoms with Crippen LogP contribution >= 0.6 is 0 Å². The maximum Gasteiger partial charge on any atom is 0.305 e. The van der Waals surface area contributed by atoms with Crippen LogP contribution in [0.4, 0.5) is 0 Å². The van der Waals surface area contributed by atoms with Gasteiger partial charge in [-0.3, -0.25) is 4.79 Å². The molecule has 0 fully saturated rings. The number of ether oxygens (including phenoxy) is 1. The zero-order valence-electron chi connectivity index (χ0n) is 15.0. The largest absolute Gasteiger partial charge is 0.481 e. The maximum absolute atomic E-state index is 12.6. The highest BCUT2D eigenvalue weighted by Gasteiger charge is 2.25. The number of aldehydes is 1. The van der Waals surface area contributed by atoms with Crippen molar-refractivity contribution < 1.29 is 27.9 Å². The molecule has 27 heavy (non-hydrogen) atoms. The molecular formula is C19H21NO6S. The van der Waals surface area contributed by atoms with Gasteiger partial charge < -0.3 is 14.6 Å². The van der Waals surface area contributed by atoms with Gasteiger partial charge in [0.2, 0.25) is 10.0 Å². The number of carbonyl (C=O) groups excluding carboxylic acids is 1. The smallest absolute Gasteiger partial charge is 0.305 e. The van der Waals surface area contributed by atoms with E-state index in [9.17, 15) is 18.0 Å². The topological polar surface area (TPSA) is 110 Å². The highest BCUT2D eigenvalue weighted by molar-refractivity contribution is 7.89. The van der Waals surface area contributed by atoms with Gasteiger partial charge in [0, 0.05) is 0 Å². The number of nitrogens with one attached hydrogen (secondary N) is 1. The van der Waals surface area contributed by atoms with Crippen LogP contribution in [0.5, 0.6) is 11.5 Å². The molecule has 2 aromatic rings. The summed E-state index contributed by atoms with van der Waals surface area (Å²) in [6, 6.07) is 11.8. The third-order valence-corrected chi connectivity index (χ3v) is 5.31. The molecule has 2 N–H and O–H groups in total. The summed E-state index contributed by atoms with van der Waals surface area (Å²) in [6.45, 7) is 4.12. The number of sulfonamides is 1. The molecule has 0 saturated carbocycles. The molecule has 0 saturated heterocycles. The second kappa shape index (κ2) is 8.79. The van der Waals surface area contributed by atoms with E-state index in [-0.39, 0.29) is 16.9 Å². The Labute approximate surface area is 158 Å². The standard InChI is InChI=1S/C19H21NO6S/c1-13(2)14-7-9-16(10-8-14)26-17-5-3-4-6-18(17)27(24,25)20-15(12-21)11-19(22)23/h3-10,12-13,15,20H,11H2,1-2H3,(H,22,23). The van der Waals surface area contributed by atoms with E-state index in [0.717, 1.165) is 5.56 Å². The summed E-state index contributed by atoms with van der Waals surface area (Å²) < 4.78 is 33.0. The molecule has 1 unspecified atom stereocenters. The van der Waals surface area contributed by atoms with Gasteiger partial charge in [0.1, 0.15) is 22.7 Å². The van der Waals surface area contributed by atoms with Gasteiger partial charge in [0.25, 0.3) is 0 Å². The van der Waals surface area contributed by atoms with Crippen LogP contribution in [0.3, 0.4) is 0 Å². The number of hydrogen-bond acceptors (Lipinski definition) is 5. The first-order valence-electron chi connectivity index (χ1n) is 8.29. The van der Waals surface area contributed by atoms with E-state index >= 15 is 0 Å². The van der Waals surface area contributed by atoms with E-state index in [4.69, 9.17) is 9.84 Å². The average Bonchev–Trinajstić information content (AvgIpc) is 2.61. The minimum Gasteiger partial charge on any atom is -0.481 e. The second-order valence-corrected chi connectivity index (χ2v) is 7.92. The molecule has 0 aromatic heterocycles. The summed E-state index contributed by atoms with van der Waals surface area (Å²) in [5, 5.41) is 8.77. The highest BCUT2D eigenvalue weighted by Crippen LogP contribution is 2.29.